The zero-order valence-corrected chi connectivity index (χ0v) is 26.6. The molecule has 46 heavy (non-hydrogen) atoms. The number of aliphatic hydroxyl groups excluding tert-OH is 1. The van der Waals surface area contributed by atoms with E-state index in [1.54, 1.807) is 54.6 Å². The van der Waals surface area contributed by atoms with E-state index in [1.165, 1.54) is 13.0 Å². The van der Waals surface area contributed by atoms with Crippen LogP contribution in [-0.4, -0.2) is 38.7 Å². The number of fused-ring (bicyclic) bond motifs is 1. The summed E-state index contributed by atoms with van der Waals surface area (Å²) in [6, 6.07) is 10.4. The minimum atomic E-state index is -1.68. The number of carbonyl (C=O) groups is 2. The Hall–Kier alpha value is -4.80. The first-order valence-corrected chi connectivity index (χ1v) is 15.3. The number of thiocarbonyl (C=S) groups is 1. The number of hydrogen-bond donors (Lipinski definition) is 3. The Morgan fingerprint density at radius 2 is 1.96 bits per heavy atom. The van der Waals surface area contributed by atoms with E-state index in [-0.39, 0.29) is 39.9 Å². The molecule has 2 atom stereocenters. The summed E-state index contributed by atoms with van der Waals surface area (Å²) in [5.41, 5.74) is 1.68. The lowest BCUT2D eigenvalue weighted by Gasteiger charge is -2.22. The number of ether oxygens (including phenoxy) is 2. The lowest BCUT2D eigenvalue weighted by Crippen LogP contribution is -2.44. The van der Waals surface area contributed by atoms with E-state index in [0.29, 0.717) is 41.0 Å². The summed E-state index contributed by atoms with van der Waals surface area (Å²) in [7, 11) is 0. The number of aryl methyl sites for hydroxylation is 1. The zero-order chi connectivity index (χ0) is 33.4. The largest absolute Gasteiger partial charge is 0.513 e. The molecule has 0 saturated carbocycles. The van der Waals surface area contributed by atoms with Crippen LogP contribution in [0.1, 0.15) is 77.7 Å². The number of phenols is 1. The van der Waals surface area contributed by atoms with Crippen LogP contribution < -0.4 is 25.5 Å². The molecule has 0 unspecified atom stereocenters. The molecule has 240 valence electrons. The van der Waals surface area contributed by atoms with E-state index in [0.717, 1.165) is 12.0 Å². The molecule has 0 radical (unpaired) electrons. The average Bonchev–Trinajstić information content (AvgIpc) is 3.00. The smallest absolute Gasteiger partial charge is 0.507 e. The molecule has 3 aromatic rings. The van der Waals surface area contributed by atoms with Gasteiger partial charge in [-0.1, -0.05) is 85.8 Å². The Bertz CT molecular complexity index is 1880. The van der Waals surface area contributed by atoms with Gasteiger partial charge in [-0.25, -0.2) is 4.79 Å². The highest BCUT2D eigenvalue weighted by Gasteiger charge is 2.30. The second kappa shape index (κ2) is 15.5. The molecule has 1 aliphatic rings. The summed E-state index contributed by atoms with van der Waals surface area (Å²) in [5.74, 6) is -1.35. The first-order chi connectivity index (χ1) is 22.0. The minimum Gasteiger partial charge on any atom is -0.507 e. The van der Waals surface area contributed by atoms with Gasteiger partial charge >= 0.3 is 12.1 Å². The van der Waals surface area contributed by atoms with Crippen LogP contribution in [0.5, 0.6) is 17.4 Å². The highest BCUT2D eigenvalue weighted by atomic mass is 32.1. The van der Waals surface area contributed by atoms with E-state index < -0.39 is 29.6 Å². The van der Waals surface area contributed by atoms with Gasteiger partial charge < -0.3 is 29.2 Å². The molecule has 0 aliphatic heterocycles. The molecule has 1 heterocycles. The van der Waals surface area contributed by atoms with Gasteiger partial charge in [0.2, 0.25) is 0 Å². The van der Waals surface area contributed by atoms with Crippen LogP contribution in [0.4, 0.5) is 4.79 Å². The Labute approximate surface area is 271 Å². The van der Waals surface area contributed by atoms with Crippen molar-refractivity contribution in [3.05, 3.63) is 109 Å². The van der Waals surface area contributed by atoms with E-state index in [4.69, 9.17) is 26.1 Å². The molecular formula is C36H36O9S. The van der Waals surface area contributed by atoms with Crippen molar-refractivity contribution in [2.45, 2.75) is 58.5 Å². The molecule has 0 bridgehead atoms. The van der Waals surface area contributed by atoms with Crippen LogP contribution in [-0.2, 0) is 6.42 Å². The number of allylic oxidation sites excluding steroid dienone is 2. The Morgan fingerprint density at radius 1 is 1.17 bits per heavy atom. The van der Waals surface area contributed by atoms with E-state index in [2.05, 4.69) is 0 Å². The van der Waals surface area contributed by atoms with Gasteiger partial charge in [-0.05, 0) is 50.5 Å². The quantitative estimate of drug-likeness (QED) is 0.0707. The number of ketones is 1. The summed E-state index contributed by atoms with van der Waals surface area (Å²) in [6.45, 7) is 5.53. The minimum absolute atomic E-state index is 0.0559. The molecule has 2 aromatic carbocycles. The van der Waals surface area contributed by atoms with Crippen molar-refractivity contribution in [2.24, 2.45) is 0 Å². The maximum Gasteiger partial charge on any atom is 0.513 e. The fourth-order valence-electron chi connectivity index (χ4n) is 5.26. The fourth-order valence-corrected chi connectivity index (χ4v) is 5.45. The number of aromatic hydroxyl groups is 1. The second-order valence-electron chi connectivity index (χ2n) is 10.9. The van der Waals surface area contributed by atoms with Gasteiger partial charge in [0, 0.05) is 22.8 Å². The van der Waals surface area contributed by atoms with Gasteiger partial charge in [0.25, 0.3) is 0 Å². The van der Waals surface area contributed by atoms with Crippen LogP contribution in [0.25, 0.3) is 12.2 Å². The molecule has 0 saturated heterocycles. The number of carbonyl (C=O) groups excluding carboxylic acids is 1. The summed E-state index contributed by atoms with van der Waals surface area (Å²) in [6.07, 6.45) is 9.11. The maximum atomic E-state index is 13.8. The molecule has 3 N–H and O–H groups in total. The number of phenolic OH excluding ortho intramolecular Hbond substituents is 1. The third-order valence-electron chi connectivity index (χ3n) is 7.44. The number of carboxylic acid groups (broad SMARTS) is 1. The standard InChI is InChI=1S/C36H36O9S/c1-4-10-26-29(17-16-25(22(3)37)33(26)39)43-18-8-6-5-7-13-28(32(38)23-12-9-11-21(2)19-23)31-34(40)27-15-14-24(46)20-30(27)44-35(31)45-36(41)42/h5-7,9,11-13,15-17,19-20,28,32,38-39H,4,8,10,14,18H2,1-3H3,(H,41,42)/b6-5-,13-7+/t28-,32-/m0/s1. The normalized spacial score (nSPS) is 14.0. The number of hydrogen-bond acceptors (Lipinski definition) is 9. The second-order valence-corrected chi connectivity index (χ2v) is 11.4. The van der Waals surface area contributed by atoms with Crippen LogP contribution in [0.3, 0.4) is 0 Å². The molecule has 1 aliphatic carbocycles. The predicted octanol–water partition coefficient (Wildman–Crippen LogP) is 5.60. The number of benzene rings is 2. The molecular weight excluding hydrogens is 608 g/mol. The summed E-state index contributed by atoms with van der Waals surface area (Å²) in [5, 5.41) is 31.8. The van der Waals surface area contributed by atoms with Gasteiger partial charge in [0.15, 0.2) is 11.2 Å². The first kappa shape index (κ1) is 34.1. The van der Waals surface area contributed by atoms with Crippen LogP contribution in [0.15, 0.2) is 69.9 Å². The number of rotatable bonds is 13. The zero-order valence-electron chi connectivity index (χ0n) is 25.8. The number of aliphatic hydroxyl groups is 1. The maximum absolute atomic E-state index is 13.8. The van der Waals surface area contributed by atoms with Gasteiger partial charge in [-0.15, -0.1) is 0 Å². The Balaban J connectivity index is 1.63. The van der Waals surface area contributed by atoms with Gasteiger partial charge in [0.05, 0.1) is 29.1 Å². The lowest BCUT2D eigenvalue weighted by atomic mass is 9.88. The van der Waals surface area contributed by atoms with Crippen molar-refractivity contribution in [1.29, 1.82) is 0 Å². The van der Waals surface area contributed by atoms with E-state index in [9.17, 15) is 29.7 Å². The monoisotopic (exact) mass is 644 g/mol. The van der Waals surface area contributed by atoms with Crippen LogP contribution in [0.2, 0.25) is 0 Å². The van der Waals surface area contributed by atoms with Gasteiger partial charge in [-0.3, -0.25) is 9.59 Å². The van der Waals surface area contributed by atoms with Crippen molar-refractivity contribution in [1.82, 2.24) is 0 Å². The molecule has 0 amide bonds. The molecule has 0 spiro atoms. The van der Waals surface area contributed by atoms with Crippen LogP contribution >= 0.6 is 12.2 Å². The average molecular weight is 645 g/mol. The highest BCUT2D eigenvalue weighted by molar-refractivity contribution is 7.81. The van der Waals surface area contributed by atoms with E-state index >= 15 is 0 Å². The van der Waals surface area contributed by atoms with Crippen molar-refractivity contribution in [3.8, 4) is 17.4 Å². The first-order valence-electron chi connectivity index (χ1n) is 14.9. The molecule has 4 rings (SSSR count). The van der Waals surface area contributed by atoms with Crippen molar-refractivity contribution >= 4 is 41.2 Å². The molecule has 0 fully saturated rings. The van der Waals surface area contributed by atoms with Crippen molar-refractivity contribution < 1.29 is 38.8 Å². The lowest BCUT2D eigenvalue weighted by molar-refractivity contribution is 0.101. The Morgan fingerprint density at radius 3 is 2.65 bits per heavy atom. The third-order valence-corrected chi connectivity index (χ3v) is 7.73. The van der Waals surface area contributed by atoms with E-state index in [1.807, 2.05) is 26.0 Å². The van der Waals surface area contributed by atoms with Gasteiger partial charge in [0.1, 0.15) is 16.9 Å². The molecule has 9 nitrogen and oxygen atoms in total. The fraction of sp³-hybridized carbons (Fsp3) is 0.278. The predicted molar refractivity (Wildman–Crippen MR) is 178 cm³/mol. The summed E-state index contributed by atoms with van der Waals surface area (Å²) < 4.78 is 16.6. The van der Waals surface area contributed by atoms with Gasteiger partial charge in [-0.2, -0.15) is 0 Å². The topological polar surface area (TPSA) is 144 Å². The van der Waals surface area contributed by atoms with Crippen molar-refractivity contribution in [3.63, 3.8) is 0 Å². The van der Waals surface area contributed by atoms with Crippen molar-refractivity contribution in [2.75, 3.05) is 6.61 Å². The SMILES string of the molecule is CCCc1c(OCC/C=C\C=C\[C@@H](c2c(OC(=O)O)oc3c(c2=O)=CCC(=S)C=3)[C@@H](O)c2cccc(C)c2)ccc(C(C)=O)c1O. The molecule has 10 heteroatoms. The molecule has 1 aromatic heterocycles. The third kappa shape index (κ3) is 8.07. The summed E-state index contributed by atoms with van der Waals surface area (Å²) >= 11 is 5.23. The number of Topliss-reactive ketones (excluding diaryl/α,β-unsaturated/α-hetero) is 1. The highest BCUT2D eigenvalue weighted by Crippen LogP contribution is 2.36. The summed E-state index contributed by atoms with van der Waals surface area (Å²) in [4.78, 5) is 37.7. The Kier molecular flexibility index (Phi) is 11.5. The van der Waals surface area contributed by atoms with Crippen LogP contribution in [0, 0.1) is 6.92 Å².